The molecule has 1 fully saturated rings. The van der Waals surface area contributed by atoms with Gasteiger partial charge in [-0.3, -0.25) is 0 Å². The number of rotatable bonds is 3. The fourth-order valence-electron chi connectivity index (χ4n) is 2.66. The van der Waals surface area contributed by atoms with Gasteiger partial charge in [-0.2, -0.15) is 0 Å². The second-order valence-corrected chi connectivity index (χ2v) is 5.22. The Morgan fingerprint density at radius 2 is 2.11 bits per heavy atom. The van der Waals surface area contributed by atoms with Crippen LogP contribution in [0.3, 0.4) is 0 Å². The van der Waals surface area contributed by atoms with Crippen LogP contribution in [-0.4, -0.2) is 48.1 Å². The fourth-order valence-corrected chi connectivity index (χ4v) is 2.66. The van der Waals surface area contributed by atoms with E-state index in [2.05, 4.69) is 35.9 Å². The van der Waals surface area contributed by atoms with Crippen molar-refractivity contribution in [1.82, 2.24) is 14.9 Å². The molecule has 18 heavy (non-hydrogen) atoms. The lowest BCUT2D eigenvalue weighted by Gasteiger charge is -2.22. The van der Waals surface area contributed by atoms with Gasteiger partial charge in [-0.05, 0) is 26.4 Å². The summed E-state index contributed by atoms with van der Waals surface area (Å²) >= 11 is 0. The van der Waals surface area contributed by atoms with Crippen molar-refractivity contribution in [3.05, 3.63) is 17.8 Å². The Morgan fingerprint density at radius 1 is 1.39 bits per heavy atom. The first-order chi connectivity index (χ1) is 8.54. The Hall–Kier alpha value is -1.23. The van der Waals surface area contributed by atoms with Crippen LogP contribution in [0.1, 0.15) is 19.5 Å². The normalized spacial score (nSPS) is 24.0. The Kier molecular flexibility index (Phi) is 3.80. The molecular weight excluding hydrogens is 231 g/mol. The first kappa shape index (κ1) is 13.2. The molecular formula is C13H21FN4. The summed E-state index contributed by atoms with van der Waals surface area (Å²) < 4.78 is 14.2. The molecule has 2 unspecified atom stereocenters. The predicted molar refractivity (Wildman–Crippen MR) is 70.2 cm³/mol. The molecule has 0 amide bonds. The van der Waals surface area contributed by atoms with E-state index in [1.807, 2.05) is 11.8 Å². The standard InChI is InChI=1S/C13H21FN4/c1-5-10-12(14)13(16-8-15-10)18-6-9(2)11(7-18)17(3)4/h8-9,11H,5-7H2,1-4H3. The largest absolute Gasteiger partial charge is 0.352 e. The van der Waals surface area contributed by atoms with Crippen molar-refractivity contribution in [2.24, 2.45) is 5.92 Å². The van der Waals surface area contributed by atoms with E-state index in [0.29, 0.717) is 29.9 Å². The number of hydrogen-bond acceptors (Lipinski definition) is 4. The fraction of sp³-hybridized carbons (Fsp3) is 0.692. The van der Waals surface area contributed by atoms with Crippen molar-refractivity contribution in [1.29, 1.82) is 0 Å². The molecule has 1 aliphatic heterocycles. The summed E-state index contributed by atoms with van der Waals surface area (Å²) in [5, 5.41) is 0. The molecule has 0 aromatic carbocycles. The number of halogens is 1. The average Bonchev–Trinajstić information content (AvgIpc) is 2.71. The van der Waals surface area contributed by atoms with Crippen molar-refractivity contribution in [3.8, 4) is 0 Å². The van der Waals surface area contributed by atoms with Gasteiger partial charge in [0.2, 0.25) is 0 Å². The quantitative estimate of drug-likeness (QED) is 0.817. The van der Waals surface area contributed by atoms with Crippen LogP contribution in [0.4, 0.5) is 10.2 Å². The second-order valence-electron chi connectivity index (χ2n) is 5.22. The number of hydrogen-bond donors (Lipinski definition) is 0. The smallest absolute Gasteiger partial charge is 0.187 e. The van der Waals surface area contributed by atoms with Gasteiger partial charge in [-0.25, -0.2) is 14.4 Å². The minimum Gasteiger partial charge on any atom is -0.352 e. The number of aromatic nitrogens is 2. The molecule has 0 N–H and O–H groups in total. The lowest BCUT2D eigenvalue weighted by Crippen LogP contribution is -2.34. The van der Waals surface area contributed by atoms with Crippen LogP contribution < -0.4 is 4.90 Å². The van der Waals surface area contributed by atoms with Gasteiger partial charge in [-0.15, -0.1) is 0 Å². The molecule has 0 radical (unpaired) electrons. The predicted octanol–water partition coefficient (Wildman–Crippen LogP) is 1.56. The Bertz CT molecular complexity index is 421. The third-order valence-corrected chi connectivity index (χ3v) is 3.71. The summed E-state index contributed by atoms with van der Waals surface area (Å²) in [6.07, 6.45) is 2.06. The van der Waals surface area contributed by atoms with Gasteiger partial charge in [0.1, 0.15) is 6.33 Å². The highest BCUT2D eigenvalue weighted by atomic mass is 19.1. The van der Waals surface area contributed by atoms with Crippen LogP contribution in [0.15, 0.2) is 6.33 Å². The van der Waals surface area contributed by atoms with Gasteiger partial charge in [0, 0.05) is 19.1 Å². The maximum absolute atomic E-state index is 14.2. The van der Waals surface area contributed by atoms with Crippen LogP contribution in [0, 0.1) is 11.7 Å². The van der Waals surface area contributed by atoms with E-state index in [1.54, 1.807) is 0 Å². The van der Waals surface area contributed by atoms with E-state index in [9.17, 15) is 4.39 Å². The topological polar surface area (TPSA) is 32.3 Å². The second kappa shape index (κ2) is 5.18. The Balaban J connectivity index is 2.24. The number of nitrogens with zero attached hydrogens (tertiary/aromatic N) is 4. The molecule has 0 saturated carbocycles. The highest BCUT2D eigenvalue weighted by Gasteiger charge is 2.33. The molecule has 1 aromatic heterocycles. The molecule has 4 nitrogen and oxygen atoms in total. The summed E-state index contributed by atoms with van der Waals surface area (Å²) in [4.78, 5) is 12.3. The van der Waals surface area contributed by atoms with E-state index in [4.69, 9.17) is 0 Å². The third kappa shape index (κ3) is 2.32. The van der Waals surface area contributed by atoms with E-state index >= 15 is 0 Å². The van der Waals surface area contributed by atoms with Gasteiger partial charge in [-0.1, -0.05) is 13.8 Å². The summed E-state index contributed by atoms with van der Waals surface area (Å²) in [7, 11) is 4.14. The zero-order valence-electron chi connectivity index (χ0n) is 11.5. The lowest BCUT2D eigenvalue weighted by molar-refractivity contribution is 0.266. The van der Waals surface area contributed by atoms with Crippen LogP contribution in [0.5, 0.6) is 0 Å². The monoisotopic (exact) mass is 252 g/mol. The van der Waals surface area contributed by atoms with Crippen LogP contribution in [0.2, 0.25) is 0 Å². The van der Waals surface area contributed by atoms with Crippen molar-refractivity contribution < 1.29 is 4.39 Å². The minimum atomic E-state index is -0.258. The Labute approximate surface area is 108 Å². The molecule has 100 valence electrons. The number of anilines is 1. The molecule has 5 heteroatoms. The van der Waals surface area contributed by atoms with E-state index in [-0.39, 0.29) is 5.82 Å². The molecule has 0 spiro atoms. The Morgan fingerprint density at radius 3 is 2.67 bits per heavy atom. The van der Waals surface area contributed by atoms with E-state index in [0.717, 1.165) is 13.1 Å². The molecule has 2 rings (SSSR count). The molecule has 2 atom stereocenters. The summed E-state index contributed by atoms with van der Waals surface area (Å²) in [5.74, 6) is 0.712. The maximum Gasteiger partial charge on any atom is 0.187 e. The maximum atomic E-state index is 14.2. The molecule has 1 aromatic rings. The van der Waals surface area contributed by atoms with Crippen LogP contribution >= 0.6 is 0 Å². The van der Waals surface area contributed by atoms with Crippen molar-refractivity contribution in [3.63, 3.8) is 0 Å². The molecule has 0 bridgehead atoms. The molecule has 2 heterocycles. The highest BCUT2D eigenvalue weighted by molar-refractivity contribution is 5.43. The minimum absolute atomic E-state index is 0.258. The van der Waals surface area contributed by atoms with Gasteiger partial charge in [0.15, 0.2) is 11.6 Å². The molecule has 1 aliphatic rings. The zero-order chi connectivity index (χ0) is 13.3. The SMILES string of the molecule is CCc1ncnc(N2CC(C)C(N(C)C)C2)c1F. The van der Waals surface area contributed by atoms with Crippen molar-refractivity contribution >= 4 is 5.82 Å². The van der Waals surface area contributed by atoms with Crippen LogP contribution in [0.25, 0.3) is 0 Å². The number of likely N-dealkylation sites (N-methyl/N-ethyl adjacent to an activating group) is 1. The summed E-state index contributed by atoms with van der Waals surface area (Å²) in [5.41, 5.74) is 0.501. The first-order valence-electron chi connectivity index (χ1n) is 6.45. The van der Waals surface area contributed by atoms with Crippen molar-refractivity contribution in [2.45, 2.75) is 26.3 Å². The van der Waals surface area contributed by atoms with Gasteiger partial charge in [0.25, 0.3) is 0 Å². The molecule has 1 saturated heterocycles. The third-order valence-electron chi connectivity index (χ3n) is 3.71. The zero-order valence-corrected chi connectivity index (χ0v) is 11.5. The summed E-state index contributed by atoms with van der Waals surface area (Å²) in [6.45, 7) is 5.78. The highest BCUT2D eigenvalue weighted by Crippen LogP contribution is 2.27. The van der Waals surface area contributed by atoms with Crippen molar-refractivity contribution in [2.75, 3.05) is 32.1 Å². The van der Waals surface area contributed by atoms with Gasteiger partial charge >= 0.3 is 0 Å². The van der Waals surface area contributed by atoms with Crippen LogP contribution in [-0.2, 0) is 6.42 Å². The number of aryl methyl sites for hydroxylation is 1. The van der Waals surface area contributed by atoms with E-state index < -0.39 is 0 Å². The molecule has 0 aliphatic carbocycles. The average molecular weight is 252 g/mol. The lowest BCUT2D eigenvalue weighted by atomic mass is 10.1. The van der Waals surface area contributed by atoms with Gasteiger partial charge in [0.05, 0.1) is 5.69 Å². The first-order valence-corrected chi connectivity index (χ1v) is 6.45. The summed E-state index contributed by atoms with van der Waals surface area (Å²) in [6, 6.07) is 0.449. The van der Waals surface area contributed by atoms with E-state index in [1.165, 1.54) is 6.33 Å². The van der Waals surface area contributed by atoms with Gasteiger partial charge < -0.3 is 9.80 Å².